The van der Waals surface area contributed by atoms with E-state index in [2.05, 4.69) is 5.32 Å². The van der Waals surface area contributed by atoms with E-state index in [4.69, 9.17) is 4.55 Å². The summed E-state index contributed by atoms with van der Waals surface area (Å²) in [6.07, 6.45) is 0. The Morgan fingerprint density at radius 1 is 1.11 bits per heavy atom. The van der Waals surface area contributed by atoms with Crippen LogP contribution in [0.2, 0.25) is 0 Å². The van der Waals surface area contributed by atoms with Gasteiger partial charge in [0.15, 0.2) is 0 Å². The Hall–Kier alpha value is -0.294. The minimum absolute atomic E-state index is 0. The molecule has 19 heavy (non-hydrogen) atoms. The molecule has 0 unspecified atom stereocenters. The quantitative estimate of drug-likeness (QED) is 0.384. The summed E-state index contributed by atoms with van der Waals surface area (Å²) in [5.74, 6) is -2.04. The number of amides is 2. The predicted octanol–water partition coefficient (Wildman–Crippen LogP) is -3.62. The van der Waals surface area contributed by atoms with E-state index in [1.165, 1.54) is 0 Å². The van der Waals surface area contributed by atoms with Crippen LogP contribution in [0.15, 0.2) is 30.3 Å². The number of hydrogen-bond donors (Lipinski definition) is 3. The molecule has 0 bridgehead atoms. The molecule has 0 radical (unpaired) electrons. The van der Waals surface area contributed by atoms with E-state index in [1.54, 1.807) is 30.3 Å². The fraction of sp³-hybridized carbons (Fsp3) is 0.200. The Morgan fingerprint density at radius 2 is 1.68 bits per heavy atom. The molecule has 0 aliphatic heterocycles. The molecule has 0 aliphatic carbocycles. The molecule has 0 spiro atoms. The van der Waals surface area contributed by atoms with Crippen LogP contribution in [-0.4, -0.2) is 37.2 Å². The maximum atomic E-state index is 11.5. The Kier molecular flexibility index (Phi) is 8.66. The predicted molar refractivity (Wildman–Crippen MR) is 63.3 cm³/mol. The van der Waals surface area contributed by atoms with Gasteiger partial charge in [-0.05, 0) is 12.1 Å². The van der Waals surface area contributed by atoms with Crippen molar-refractivity contribution < 1.29 is 73.9 Å². The third-order valence-electron chi connectivity index (χ3n) is 1.90. The monoisotopic (exact) mass is 311 g/mol. The van der Waals surface area contributed by atoms with Crippen LogP contribution in [0.5, 0.6) is 0 Å². The Labute approximate surface area is 153 Å². The minimum Gasteiger partial charge on any atom is -0.343 e. The van der Waals surface area contributed by atoms with E-state index in [0.717, 1.165) is 0 Å². The van der Waals surface area contributed by atoms with Gasteiger partial charge in [-0.1, -0.05) is 18.2 Å². The molecule has 0 aliphatic rings. The summed E-state index contributed by atoms with van der Waals surface area (Å²) in [7, 11) is -4.25. The van der Waals surface area contributed by atoms with Gasteiger partial charge in [-0.2, -0.15) is 8.42 Å². The topological polar surface area (TPSA) is 113 Å². The Bertz CT molecular complexity index is 532. The van der Waals surface area contributed by atoms with Crippen LogP contribution in [0.3, 0.4) is 0 Å². The third-order valence-corrected chi connectivity index (χ3v) is 2.41. The standard InChI is InChI=1S/C10H12N2O5S.K/c13-9(12-7-18(15,16)17)6-11-10(14)8-4-2-1-3-5-8;/h1-5H,6-7H2,(H,11,14)(H,12,13)(H,15,16,17);/q;+1. The second-order valence-corrected chi connectivity index (χ2v) is 4.83. The van der Waals surface area contributed by atoms with Crippen molar-refractivity contribution in [2.24, 2.45) is 0 Å². The Balaban J connectivity index is 0.00000324. The van der Waals surface area contributed by atoms with Crippen LogP contribution in [0, 0.1) is 0 Å². The normalized spacial score (nSPS) is 10.2. The zero-order chi connectivity index (χ0) is 13.6. The Morgan fingerprint density at radius 3 is 2.21 bits per heavy atom. The van der Waals surface area contributed by atoms with E-state index >= 15 is 0 Å². The van der Waals surface area contributed by atoms with Crippen molar-refractivity contribution in [2.75, 3.05) is 12.4 Å². The number of carbonyl (C=O) groups is 2. The van der Waals surface area contributed by atoms with Crippen molar-refractivity contribution in [3.8, 4) is 0 Å². The van der Waals surface area contributed by atoms with E-state index in [9.17, 15) is 18.0 Å². The largest absolute Gasteiger partial charge is 1.00 e. The molecule has 98 valence electrons. The van der Waals surface area contributed by atoms with Gasteiger partial charge in [-0.15, -0.1) is 0 Å². The smallest absolute Gasteiger partial charge is 0.343 e. The van der Waals surface area contributed by atoms with Crippen LogP contribution in [-0.2, 0) is 14.9 Å². The molecule has 0 saturated carbocycles. The number of rotatable bonds is 5. The summed E-state index contributed by atoms with van der Waals surface area (Å²) < 4.78 is 29.1. The average molecular weight is 311 g/mol. The third kappa shape index (κ3) is 8.47. The van der Waals surface area contributed by atoms with Crippen molar-refractivity contribution in [3.63, 3.8) is 0 Å². The maximum absolute atomic E-state index is 11.5. The fourth-order valence-electron chi connectivity index (χ4n) is 1.09. The second kappa shape index (κ2) is 8.79. The van der Waals surface area contributed by atoms with E-state index in [-0.39, 0.29) is 57.9 Å². The molecule has 1 aromatic rings. The van der Waals surface area contributed by atoms with E-state index in [1.807, 2.05) is 5.32 Å². The first-order valence-electron chi connectivity index (χ1n) is 4.93. The first kappa shape index (κ1) is 18.7. The van der Waals surface area contributed by atoms with Gasteiger partial charge < -0.3 is 10.6 Å². The van der Waals surface area contributed by atoms with Crippen LogP contribution in [0.4, 0.5) is 0 Å². The van der Waals surface area contributed by atoms with Crippen LogP contribution >= 0.6 is 0 Å². The van der Waals surface area contributed by atoms with Gasteiger partial charge in [0.25, 0.3) is 16.0 Å². The molecule has 0 saturated heterocycles. The number of hydrogen-bond acceptors (Lipinski definition) is 4. The van der Waals surface area contributed by atoms with Gasteiger partial charge in [0.2, 0.25) is 5.91 Å². The molecule has 3 N–H and O–H groups in total. The van der Waals surface area contributed by atoms with Crippen LogP contribution in [0.25, 0.3) is 0 Å². The van der Waals surface area contributed by atoms with Crippen molar-refractivity contribution in [3.05, 3.63) is 35.9 Å². The molecule has 0 atom stereocenters. The SMILES string of the molecule is O=C(CNC(=O)c1ccccc1)NCS(=O)(=O)O.[K+]. The van der Waals surface area contributed by atoms with Gasteiger partial charge in [-0.25, -0.2) is 0 Å². The molecule has 0 heterocycles. The van der Waals surface area contributed by atoms with Crippen LogP contribution in [0.1, 0.15) is 10.4 Å². The fourth-order valence-corrected chi connectivity index (χ4v) is 1.43. The summed E-state index contributed by atoms with van der Waals surface area (Å²) in [5, 5.41) is 4.25. The summed E-state index contributed by atoms with van der Waals surface area (Å²) in [4.78, 5) is 22.6. The molecule has 0 fully saturated rings. The van der Waals surface area contributed by atoms with E-state index in [0.29, 0.717) is 5.56 Å². The van der Waals surface area contributed by atoms with Crippen molar-refractivity contribution >= 4 is 21.9 Å². The summed E-state index contributed by atoms with van der Waals surface area (Å²) in [6, 6.07) is 8.24. The van der Waals surface area contributed by atoms with Crippen LogP contribution < -0.4 is 62.0 Å². The average Bonchev–Trinajstić information content (AvgIpc) is 2.33. The first-order chi connectivity index (χ1) is 8.38. The minimum atomic E-state index is -4.25. The van der Waals surface area contributed by atoms with Gasteiger partial charge in [-0.3, -0.25) is 14.1 Å². The molecule has 1 rings (SSSR count). The zero-order valence-corrected chi connectivity index (χ0v) is 14.2. The molecule has 9 heteroatoms. The number of nitrogens with one attached hydrogen (secondary N) is 2. The first-order valence-corrected chi connectivity index (χ1v) is 6.54. The zero-order valence-electron chi connectivity index (χ0n) is 10.3. The summed E-state index contributed by atoms with van der Waals surface area (Å²) in [5.41, 5.74) is 0.389. The molecule has 2 amide bonds. The van der Waals surface area contributed by atoms with Gasteiger partial charge in [0.05, 0.1) is 6.54 Å². The van der Waals surface area contributed by atoms with Gasteiger partial charge in [0, 0.05) is 5.56 Å². The van der Waals surface area contributed by atoms with Crippen molar-refractivity contribution in [1.29, 1.82) is 0 Å². The van der Waals surface area contributed by atoms with Crippen molar-refractivity contribution in [2.45, 2.75) is 0 Å². The van der Waals surface area contributed by atoms with E-state index < -0.39 is 27.8 Å². The molecular weight excluding hydrogens is 299 g/mol. The summed E-state index contributed by atoms with van der Waals surface area (Å²) >= 11 is 0. The second-order valence-electron chi connectivity index (χ2n) is 3.37. The molecule has 0 aromatic heterocycles. The van der Waals surface area contributed by atoms with Gasteiger partial charge >= 0.3 is 51.4 Å². The van der Waals surface area contributed by atoms with Gasteiger partial charge in [0.1, 0.15) is 5.88 Å². The number of benzene rings is 1. The number of carbonyl (C=O) groups excluding carboxylic acids is 2. The van der Waals surface area contributed by atoms with Crippen molar-refractivity contribution in [1.82, 2.24) is 10.6 Å². The maximum Gasteiger partial charge on any atom is 1.00 e. The molecule has 1 aromatic carbocycles. The summed E-state index contributed by atoms with van der Waals surface area (Å²) in [6.45, 7) is -0.372. The molecular formula is C10H12KN2O5S+. The molecule has 7 nitrogen and oxygen atoms in total.